The Kier molecular flexibility index (Phi) is 4.56. The van der Waals surface area contributed by atoms with Gasteiger partial charge in [0.1, 0.15) is 0 Å². The third-order valence-electron chi connectivity index (χ3n) is 2.37. The van der Waals surface area contributed by atoms with Gasteiger partial charge in [-0.05, 0) is 11.4 Å². The van der Waals surface area contributed by atoms with E-state index < -0.39 is 34.6 Å². The van der Waals surface area contributed by atoms with Gasteiger partial charge in [-0.25, -0.2) is 4.79 Å². The number of hydrogen-bond donors (Lipinski definition) is 1. The quantitative estimate of drug-likeness (QED) is 0.681. The number of amides is 1. The maximum absolute atomic E-state index is 13.2. The van der Waals surface area contributed by atoms with Crippen molar-refractivity contribution in [3.05, 3.63) is 22.4 Å². The molecule has 1 atom stereocenters. The summed E-state index contributed by atoms with van der Waals surface area (Å²) in [4.78, 5) is 21.6. The summed E-state index contributed by atoms with van der Waals surface area (Å²) in [5.74, 6) is -4.98. The van der Waals surface area contributed by atoms with Crippen LogP contribution in [-0.4, -0.2) is 31.3 Å². The lowest BCUT2D eigenvalue weighted by Gasteiger charge is -2.32. The fraction of sp³-hybridized carbons (Fsp3) is 0.400. The van der Waals surface area contributed by atoms with Gasteiger partial charge in [0, 0.05) is 0 Å². The molecule has 0 spiro atoms. The topological polar surface area (TPSA) is 55.4 Å². The summed E-state index contributed by atoms with van der Waals surface area (Å²) in [6, 6.07) is 1.86. The predicted octanol–water partition coefficient (Wildman–Crippen LogP) is 2.36. The van der Waals surface area contributed by atoms with Gasteiger partial charge in [0.2, 0.25) is 0 Å². The Balaban J connectivity index is 3.47. The summed E-state index contributed by atoms with van der Waals surface area (Å²) in [7, 11) is 0.566. The molecule has 0 saturated carbocycles. The molecule has 1 N–H and O–H groups in total. The highest BCUT2D eigenvalue weighted by molar-refractivity contribution is 7.10. The largest absolute Gasteiger partial charge is 0.471 e. The molecule has 0 saturated heterocycles. The first-order valence-corrected chi connectivity index (χ1v) is 5.93. The van der Waals surface area contributed by atoms with Gasteiger partial charge in [-0.15, -0.1) is 11.3 Å². The Labute approximate surface area is 117 Å². The Hall–Kier alpha value is -1.78. The van der Waals surface area contributed by atoms with E-state index in [0.29, 0.717) is 23.8 Å². The second-order valence-electron chi connectivity index (χ2n) is 3.67. The molecule has 1 amide bonds. The van der Waals surface area contributed by atoms with Crippen LogP contribution in [0.5, 0.6) is 0 Å². The average Bonchev–Trinajstić information content (AvgIpc) is 2.85. The van der Waals surface area contributed by atoms with E-state index >= 15 is 0 Å². The number of hydrogen-bond acceptors (Lipinski definition) is 4. The molecule has 1 aromatic rings. The van der Waals surface area contributed by atoms with Gasteiger partial charge in [0.15, 0.2) is 0 Å². The molecule has 1 rings (SSSR count). The lowest BCUT2D eigenvalue weighted by atomic mass is 9.96. The van der Waals surface area contributed by atoms with Gasteiger partial charge in [-0.2, -0.15) is 26.3 Å². The second kappa shape index (κ2) is 5.54. The predicted molar refractivity (Wildman–Crippen MR) is 58.3 cm³/mol. The van der Waals surface area contributed by atoms with E-state index in [4.69, 9.17) is 0 Å². The first-order chi connectivity index (χ1) is 9.46. The third kappa shape index (κ3) is 3.12. The minimum atomic E-state index is -5.60. The summed E-state index contributed by atoms with van der Waals surface area (Å²) in [6.45, 7) is 0. The van der Waals surface area contributed by atoms with E-state index in [-0.39, 0.29) is 0 Å². The van der Waals surface area contributed by atoms with E-state index in [1.54, 1.807) is 0 Å². The number of methoxy groups -OCH3 is 1. The molecule has 0 radical (unpaired) electrons. The minimum absolute atomic E-state index is 0.350. The van der Waals surface area contributed by atoms with E-state index in [9.17, 15) is 35.9 Å². The number of ether oxygens (including phenoxy) is 1. The van der Waals surface area contributed by atoms with Crippen molar-refractivity contribution in [2.75, 3.05) is 7.11 Å². The molecule has 4 nitrogen and oxygen atoms in total. The first-order valence-electron chi connectivity index (χ1n) is 5.05. The molecule has 0 fully saturated rings. The number of alkyl halides is 6. The van der Waals surface area contributed by atoms with Crippen molar-refractivity contribution in [3.63, 3.8) is 0 Å². The summed E-state index contributed by atoms with van der Waals surface area (Å²) >= 11 is 0.350. The number of carbonyl (C=O) groups is 2. The molecular weight excluding hydrogens is 328 g/mol. The molecular formula is C10H7F6NO3S. The fourth-order valence-electron chi connectivity index (χ4n) is 1.43. The second-order valence-corrected chi connectivity index (χ2v) is 4.62. The van der Waals surface area contributed by atoms with Crippen molar-refractivity contribution in [1.29, 1.82) is 0 Å². The van der Waals surface area contributed by atoms with Crippen molar-refractivity contribution in [1.82, 2.24) is 5.32 Å². The molecule has 1 unspecified atom stereocenters. The van der Waals surface area contributed by atoms with Crippen molar-refractivity contribution in [3.8, 4) is 0 Å². The van der Waals surface area contributed by atoms with E-state index in [1.807, 2.05) is 0 Å². The van der Waals surface area contributed by atoms with Crippen LogP contribution in [0.3, 0.4) is 0 Å². The summed E-state index contributed by atoms with van der Waals surface area (Å²) in [5.41, 5.74) is -3.91. The zero-order valence-corrected chi connectivity index (χ0v) is 10.9. The maximum Gasteiger partial charge on any atom is 0.471 e. The highest BCUT2D eigenvalue weighted by atomic mass is 32.1. The smallest absolute Gasteiger partial charge is 0.467 e. The molecule has 0 aromatic carbocycles. The van der Waals surface area contributed by atoms with Gasteiger partial charge in [0.05, 0.1) is 12.0 Å². The Morgan fingerprint density at radius 2 is 1.76 bits per heavy atom. The summed E-state index contributed by atoms with van der Waals surface area (Å²) in [6.07, 6.45) is -11.1. The lowest BCUT2D eigenvalue weighted by Crippen LogP contribution is -2.63. The number of rotatable bonds is 3. The molecule has 0 aliphatic heterocycles. The normalized spacial score (nSPS) is 15.2. The SMILES string of the molecule is COC(=O)C(NC(=O)C(F)(F)F)(c1cccs1)C(F)(F)F. The number of halogens is 6. The number of thiophene rings is 1. The third-order valence-corrected chi connectivity index (χ3v) is 3.36. The Bertz CT molecular complexity index is 524. The van der Waals surface area contributed by atoms with Crippen molar-refractivity contribution in [2.24, 2.45) is 0 Å². The summed E-state index contributed by atoms with van der Waals surface area (Å²) < 4.78 is 80.4. The van der Waals surface area contributed by atoms with Crippen LogP contribution >= 0.6 is 11.3 Å². The zero-order chi connectivity index (χ0) is 16.5. The van der Waals surface area contributed by atoms with Crippen LogP contribution in [-0.2, 0) is 19.9 Å². The average molecular weight is 335 g/mol. The lowest BCUT2D eigenvalue weighted by molar-refractivity contribution is -0.222. The highest BCUT2D eigenvalue weighted by Gasteiger charge is 2.66. The van der Waals surface area contributed by atoms with Crippen LogP contribution in [0.15, 0.2) is 17.5 Å². The standard InChI is InChI=1S/C10H7F6NO3S/c1-20-7(19)8(10(14,15)16,5-3-2-4-21-5)17-6(18)9(11,12)13/h2-4H,1H3,(H,17,18). The molecule has 118 valence electrons. The highest BCUT2D eigenvalue weighted by Crippen LogP contribution is 2.42. The van der Waals surface area contributed by atoms with Gasteiger partial charge < -0.3 is 10.1 Å². The van der Waals surface area contributed by atoms with Crippen LogP contribution in [0.2, 0.25) is 0 Å². The molecule has 1 heterocycles. The van der Waals surface area contributed by atoms with E-state index in [0.717, 1.165) is 17.5 Å². The number of esters is 1. The monoisotopic (exact) mass is 335 g/mol. The van der Waals surface area contributed by atoms with Crippen molar-refractivity contribution in [2.45, 2.75) is 17.9 Å². The molecule has 1 aromatic heterocycles. The Morgan fingerprint density at radius 1 is 1.19 bits per heavy atom. The van der Waals surface area contributed by atoms with Crippen LogP contribution < -0.4 is 5.32 Å². The van der Waals surface area contributed by atoms with Crippen LogP contribution in [0, 0.1) is 0 Å². The van der Waals surface area contributed by atoms with Crippen LogP contribution in [0.4, 0.5) is 26.3 Å². The van der Waals surface area contributed by atoms with Crippen molar-refractivity contribution >= 4 is 23.2 Å². The number of carbonyl (C=O) groups excluding carboxylic acids is 2. The van der Waals surface area contributed by atoms with Gasteiger partial charge >= 0.3 is 24.2 Å². The fourth-order valence-corrected chi connectivity index (χ4v) is 2.31. The molecule has 0 bridgehead atoms. The Morgan fingerprint density at radius 3 is 2.10 bits per heavy atom. The number of nitrogens with one attached hydrogen (secondary N) is 1. The van der Waals surface area contributed by atoms with Crippen LogP contribution in [0.25, 0.3) is 0 Å². The van der Waals surface area contributed by atoms with Gasteiger partial charge in [0.25, 0.3) is 5.54 Å². The molecule has 0 aliphatic carbocycles. The maximum atomic E-state index is 13.2. The molecule has 11 heteroatoms. The molecule has 21 heavy (non-hydrogen) atoms. The van der Waals surface area contributed by atoms with E-state index in [1.165, 1.54) is 0 Å². The van der Waals surface area contributed by atoms with Gasteiger partial charge in [-0.3, -0.25) is 4.79 Å². The minimum Gasteiger partial charge on any atom is -0.467 e. The zero-order valence-electron chi connectivity index (χ0n) is 10.1. The van der Waals surface area contributed by atoms with Gasteiger partial charge in [-0.1, -0.05) is 6.07 Å². The van der Waals surface area contributed by atoms with E-state index in [2.05, 4.69) is 4.74 Å². The summed E-state index contributed by atoms with van der Waals surface area (Å²) in [5, 5.41) is 1.82. The van der Waals surface area contributed by atoms with Crippen molar-refractivity contribution < 1.29 is 40.7 Å². The van der Waals surface area contributed by atoms with Crippen LogP contribution in [0.1, 0.15) is 4.88 Å². The molecule has 0 aliphatic rings. The first kappa shape index (κ1) is 17.3.